The zero-order valence-electron chi connectivity index (χ0n) is 14.9. The number of sulfonamides is 1. The molecule has 0 atom stereocenters. The molecule has 29 heavy (non-hydrogen) atoms. The van der Waals surface area contributed by atoms with E-state index in [0.29, 0.717) is 15.3 Å². The van der Waals surface area contributed by atoms with Gasteiger partial charge in [-0.25, -0.2) is 17.2 Å². The molecule has 0 aliphatic heterocycles. The summed E-state index contributed by atoms with van der Waals surface area (Å²) >= 11 is 1.18. The number of thiophene rings is 1. The predicted octanol–water partition coefficient (Wildman–Crippen LogP) is 4.85. The van der Waals surface area contributed by atoms with Crippen molar-refractivity contribution >= 4 is 27.0 Å². The summed E-state index contributed by atoms with van der Waals surface area (Å²) in [7, 11) is -3.89. The molecule has 0 unspecified atom stereocenters. The number of nitrogens with zero attached hydrogens (tertiary/aromatic N) is 2. The minimum absolute atomic E-state index is 0.0587. The standard InChI is InChI=1S/C19H13F2N3O3S2/c1-11-17(29(25,26)24-15-8-6-14(21)7-9-15)10-16(28-11)19-22-18(23-27-19)12-2-4-13(20)5-3-12/h2-10,24H,1H3. The summed E-state index contributed by atoms with van der Waals surface area (Å²) < 4.78 is 59.2. The van der Waals surface area contributed by atoms with Gasteiger partial charge in [0.2, 0.25) is 5.82 Å². The number of aryl methyl sites for hydroxylation is 1. The molecule has 0 aliphatic carbocycles. The van der Waals surface area contributed by atoms with E-state index in [1.807, 2.05) is 0 Å². The molecule has 0 amide bonds. The number of hydrogen-bond acceptors (Lipinski definition) is 6. The summed E-state index contributed by atoms with van der Waals surface area (Å²) in [6.07, 6.45) is 0. The van der Waals surface area contributed by atoms with Crippen molar-refractivity contribution in [1.82, 2.24) is 10.1 Å². The molecule has 2 aromatic heterocycles. The maximum Gasteiger partial charge on any atom is 0.268 e. The second kappa shape index (κ2) is 7.37. The summed E-state index contributed by atoms with van der Waals surface area (Å²) in [6, 6.07) is 12.0. The lowest BCUT2D eigenvalue weighted by Crippen LogP contribution is -2.13. The van der Waals surface area contributed by atoms with E-state index in [-0.39, 0.29) is 28.1 Å². The van der Waals surface area contributed by atoms with Crippen molar-refractivity contribution in [2.24, 2.45) is 0 Å². The Morgan fingerprint density at radius 3 is 2.28 bits per heavy atom. The molecular formula is C19H13F2N3O3S2. The maximum atomic E-state index is 13.1. The number of halogens is 2. The molecule has 1 N–H and O–H groups in total. The van der Waals surface area contributed by atoms with Crippen LogP contribution in [-0.4, -0.2) is 18.6 Å². The Labute approximate surface area is 168 Å². The Morgan fingerprint density at radius 2 is 1.62 bits per heavy atom. The van der Waals surface area contributed by atoms with Crippen LogP contribution in [0.15, 0.2) is 64.0 Å². The van der Waals surface area contributed by atoms with Gasteiger partial charge in [0.15, 0.2) is 0 Å². The van der Waals surface area contributed by atoms with Gasteiger partial charge >= 0.3 is 0 Å². The summed E-state index contributed by atoms with van der Waals surface area (Å²) in [6.45, 7) is 1.66. The van der Waals surface area contributed by atoms with E-state index in [1.165, 1.54) is 65.9 Å². The molecule has 4 rings (SSSR count). The normalized spacial score (nSPS) is 11.6. The first-order chi connectivity index (χ1) is 13.8. The van der Waals surface area contributed by atoms with Gasteiger partial charge in [-0.1, -0.05) is 5.16 Å². The highest BCUT2D eigenvalue weighted by Gasteiger charge is 2.23. The molecule has 0 radical (unpaired) electrons. The SMILES string of the molecule is Cc1sc(-c2nc(-c3ccc(F)cc3)no2)cc1S(=O)(=O)Nc1ccc(F)cc1. The van der Waals surface area contributed by atoms with Gasteiger partial charge in [0, 0.05) is 16.1 Å². The third-order valence-electron chi connectivity index (χ3n) is 4.00. The third kappa shape index (κ3) is 4.03. The number of benzene rings is 2. The summed E-state index contributed by atoms with van der Waals surface area (Å²) in [5.41, 5.74) is 0.815. The molecule has 2 heterocycles. The molecule has 6 nitrogen and oxygen atoms in total. The monoisotopic (exact) mass is 433 g/mol. The smallest absolute Gasteiger partial charge is 0.268 e. The lowest BCUT2D eigenvalue weighted by Gasteiger charge is -2.07. The topological polar surface area (TPSA) is 85.1 Å². The Hall–Kier alpha value is -3.11. The zero-order chi connectivity index (χ0) is 20.6. The second-order valence-corrected chi connectivity index (χ2v) is 8.98. The minimum Gasteiger partial charge on any atom is -0.333 e. The van der Waals surface area contributed by atoms with E-state index in [9.17, 15) is 17.2 Å². The number of anilines is 1. The van der Waals surface area contributed by atoms with Crippen LogP contribution in [-0.2, 0) is 10.0 Å². The van der Waals surface area contributed by atoms with E-state index in [4.69, 9.17) is 4.52 Å². The number of hydrogen-bond donors (Lipinski definition) is 1. The quantitative estimate of drug-likeness (QED) is 0.486. The van der Waals surface area contributed by atoms with Crippen molar-refractivity contribution in [1.29, 1.82) is 0 Å². The van der Waals surface area contributed by atoms with Crippen LogP contribution in [0.5, 0.6) is 0 Å². The summed E-state index contributed by atoms with van der Waals surface area (Å²) in [5.74, 6) is -0.425. The number of aromatic nitrogens is 2. The van der Waals surface area contributed by atoms with Crippen LogP contribution in [0.2, 0.25) is 0 Å². The highest BCUT2D eigenvalue weighted by Crippen LogP contribution is 2.34. The van der Waals surface area contributed by atoms with Crippen LogP contribution in [0.1, 0.15) is 4.88 Å². The van der Waals surface area contributed by atoms with Crippen LogP contribution in [0.3, 0.4) is 0 Å². The number of rotatable bonds is 5. The van der Waals surface area contributed by atoms with Crippen molar-refractivity contribution in [3.8, 4) is 22.2 Å². The Bertz CT molecular complexity index is 1270. The highest BCUT2D eigenvalue weighted by atomic mass is 32.2. The van der Waals surface area contributed by atoms with E-state index >= 15 is 0 Å². The zero-order valence-corrected chi connectivity index (χ0v) is 16.5. The first-order valence-electron chi connectivity index (χ1n) is 8.31. The van der Waals surface area contributed by atoms with Crippen molar-refractivity contribution in [2.45, 2.75) is 11.8 Å². The van der Waals surface area contributed by atoms with Gasteiger partial charge in [0.1, 0.15) is 16.5 Å². The molecule has 0 aliphatic rings. The average molecular weight is 433 g/mol. The molecule has 148 valence electrons. The Morgan fingerprint density at radius 1 is 1.00 bits per heavy atom. The lowest BCUT2D eigenvalue weighted by atomic mass is 10.2. The van der Waals surface area contributed by atoms with Crippen LogP contribution in [0, 0.1) is 18.6 Å². The average Bonchev–Trinajstić information content (AvgIpc) is 3.31. The fourth-order valence-electron chi connectivity index (χ4n) is 2.61. The van der Waals surface area contributed by atoms with Crippen molar-refractivity contribution < 1.29 is 21.7 Å². The summed E-state index contributed by atoms with van der Waals surface area (Å²) in [4.78, 5) is 5.32. The van der Waals surface area contributed by atoms with E-state index in [0.717, 1.165) is 0 Å². The van der Waals surface area contributed by atoms with Crippen LogP contribution < -0.4 is 4.72 Å². The minimum atomic E-state index is -3.89. The molecule has 0 saturated heterocycles. The highest BCUT2D eigenvalue weighted by molar-refractivity contribution is 7.93. The molecule has 0 spiro atoms. The van der Waals surface area contributed by atoms with Gasteiger partial charge < -0.3 is 4.52 Å². The Kier molecular flexibility index (Phi) is 4.89. The molecule has 4 aromatic rings. The largest absolute Gasteiger partial charge is 0.333 e. The van der Waals surface area contributed by atoms with Crippen molar-refractivity contribution in [3.05, 3.63) is 71.1 Å². The molecule has 0 bridgehead atoms. The molecule has 10 heteroatoms. The first kappa shape index (κ1) is 19.2. The molecule has 2 aromatic carbocycles. The second-order valence-electron chi connectivity index (χ2n) is 6.07. The predicted molar refractivity (Wildman–Crippen MR) is 105 cm³/mol. The number of nitrogens with one attached hydrogen (secondary N) is 1. The van der Waals surface area contributed by atoms with Gasteiger partial charge in [-0.15, -0.1) is 11.3 Å². The molecular weight excluding hydrogens is 420 g/mol. The van der Waals surface area contributed by atoms with Gasteiger partial charge in [0.05, 0.1) is 4.88 Å². The van der Waals surface area contributed by atoms with Gasteiger partial charge in [-0.2, -0.15) is 4.98 Å². The fourth-order valence-corrected chi connectivity index (χ4v) is 5.18. The van der Waals surface area contributed by atoms with E-state index in [2.05, 4.69) is 14.9 Å². The van der Waals surface area contributed by atoms with Gasteiger partial charge in [-0.05, 0) is 61.5 Å². The van der Waals surface area contributed by atoms with E-state index in [1.54, 1.807) is 6.92 Å². The van der Waals surface area contributed by atoms with Crippen LogP contribution in [0.4, 0.5) is 14.5 Å². The summed E-state index contributed by atoms with van der Waals surface area (Å²) in [5, 5.41) is 3.87. The maximum absolute atomic E-state index is 13.1. The van der Waals surface area contributed by atoms with Gasteiger partial charge in [-0.3, -0.25) is 4.72 Å². The lowest BCUT2D eigenvalue weighted by molar-refractivity contribution is 0.433. The molecule has 0 fully saturated rings. The fraction of sp³-hybridized carbons (Fsp3) is 0.0526. The van der Waals surface area contributed by atoms with Crippen LogP contribution in [0.25, 0.3) is 22.2 Å². The van der Waals surface area contributed by atoms with E-state index < -0.39 is 15.8 Å². The van der Waals surface area contributed by atoms with Crippen molar-refractivity contribution in [2.75, 3.05) is 4.72 Å². The van der Waals surface area contributed by atoms with Crippen LogP contribution >= 0.6 is 11.3 Å². The first-order valence-corrected chi connectivity index (χ1v) is 10.6. The Balaban J connectivity index is 1.62. The third-order valence-corrected chi connectivity index (χ3v) is 6.67. The van der Waals surface area contributed by atoms with Crippen molar-refractivity contribution in [3.63, 3.8) is 0 Å². The van der Waals surface area contributed by atoms with Gasteiger partial charge in [0.25, 0.3) is 15.9 Å². The molecule has 0 saturated carbocycles.